The Bertz CT molecular complexity index is 643. The molecule has 1 heterocycles. The van der Waals surface area contributed by atoms with Crippen molar-refractivity contribution >= 4 is 22.7 Å². The standard InChI is InChI=1S/C13H17N5O2S/c1-9-13(21-8-15-9)7-17(2)6-10-3-4-11(16-14)12(5-10)18(19)20/h3-5,8,16H,6-7,14H2,1-2H3. The number of thiazole rings is 1. The minimum Gasteiger partial charge on any atom is -0.318 e. The second-order valence-corrected chi connectivity index (χ2v) is 5.73. The third-order valence-electron chi connectivity index (χ3n) is 3.13. The fourth-order valence-electron chi connectivity index (χ4n) is 2.04. The van der Waals surface area contributed by atoms with Crippen molar-refractivity contribution in [3.63, 3.8) is 0 Å². The van der Waals surface area contributed by atoms with Crippen LogP contribution in [-0.4, -0.2) is 21.9 Å². The highest BCUT2D eigenvalue weighted by Crippen LogP contribution is 2.25. The lowest BCUT2D eigenvalue weighted by atomic mass is 10.1. The average molecular weight is 307 g/mol. The van der Waals surface area contributed by atoms with E-state index in [0.717, 1.165) is 17.8 Å². The molecule has 0 aliphatic rings. The van der Waals surface area contributed by atoms with E-state index in [1.165, 1.54) is 4.88 Å². The van der Waals surface area contributed by atoms with Crippen molar-refractivity contribution < 1.29 is 4.92 Å². The summed E-state index contributed by atoms with van der Waals surface area (Å²) >= 11 is 1.62. The Morgan fingerprint density at radius 2 is 2.24 bits per heavy atom. The summed E-state index contributed by atoms with van der Waals surface area (Å²) in [5, 5.41) is 11.0. The number of nitrogen functional groups attached to an aromatic ring is 1. The topological polar surface area (TPSA) is 97.3 Å². The number of nitro benzene ring substituents is 1. The van der Waals surface area contributed by atoms with Gasteiger partial charge >= 0.3 is 0 Å². The Morgan fingerprint density at radius 3 is 2.81 bits per heavy atom. The van der Waals surface area contributed by atoms with Crippen molar-refractivity contribution in [1.29, 1.82) is 0 Å². The number of hydrazine groups is 1. The first kappa shape index (κ1) is 15.4. The molecule has 1 aromatic carbocycles. The monoisotopic (exact) mass is 307 g/mol. The SMILES string of the molecule is Cc1ncsc1CN(C)Cc1ccc(NN)c([N+](=O)[O-])c1. The summed E-state index contributed by atoms with van der Waals surface area (Å²) in [6, 6.07) is 5.00. The summed E-state index contributed by atoms with van der Waals surface area (Å²) in [6.45, 7) is 3.36. The molecule has 112 valence electrons. The van der Waals surface area contributed by atoms with E-state index in [4.69, 9.17) is 5.84 Å². The van der Waals surface area contributed by atoms with Gasteiger partial charge in [-0.05, 0) is 25.6 Å². The lowest BCUT2D eigenvalue weighted by Crippen LogP contribution is -2.17. The molecule has 0 atom stereocenters. The maximum atomic E-state index is 11.0. The first-order valence-corrected chi connectivity index (χ1v) is 7.20. The molecule has 7 nitrogen and oxygen atoms in total. The third kappa shape index (κ3) is 3.75. The third-order valence-corrected chi connectivity index (χ3v) is 4.05. The molecule has 0 amide bonds. The van der Waals surface area contributed by atoms with E-state index in [-0.39, 0.29) is 5.69 Å². The number of nitro groups is 1. The summed E-state index contributed by atoms with van der Waals surface area (Å²) in [5.41, 5.74) is 6.35. The highest BCUT2D eigenvalue weighted by molar-refractivity contribution is 7.09. The van der Waals surface area contributed by atoms with Crippen LogP contribution in [0.1, 0.15) is 16.1 Å². The van der Waals surface area contributed by atoms with Crippen LogP contribution in [0.2, 0.25) is 0 Å². The number of nitrogens with two attached hydrogens (primary N) is 1. The van der Waals surface area contributed by atoms with Gasteiger partial charge in [-0.15, -0.1) is 11.3 Å². The first-order valence-electron chi connectivity index (χ1n) is 6.32. The van der Waals surface area contributed by atoms with E-state index in [9.17, 15) is 10.1 Å². The highest BCUT2D eigenvalue weighted by atomic mass is 32.1. The van der Waals surface area contributed by atoms with Crippen LogP contribution in [0.3, 0.4) is 0 Å². The Hall–Kier alpha value is -2.03. The number of anilines is 1. The molecule has 0 spiro atoms. The average Bonchev–Trinajstić information content (AvgIpc) is 2.84. The largest absolute Gasteiger partial charge is 0.318 e. The van der Waals surface area contributed by atoms with Gasteiger partial charge in [0.2, 0.25) is 0 Å². The van der Waals surface area contributed by atoms with Crippen molar-refractivity contribution in [2.75, 3.05) is 12.5 Å². The zero-order valence-corrected chi connectivity index (χ0v) is 12.7. The van der Waals surface area contributed by atoms with Crippen LogP contribution >= 0.6 is 11.3 Å². The van der Waals surface area contributed by atoms with Crippen LogP contribution in [0.4, 0.5) is 11.4 Å². The number of nitrogens with zero attached hydrogens (tertiary/aromatic N) is 3. The van der Waals surface area contributed by atoms with Gasteiger partial charge in [0.1, 0.15) is 5.69 Å². The minimum atomic E-state index is -0.438. The summed E-state index contributed by atoms with van der Waals surface area (Å²) < 4.78 is 0. The Balaban J connectivity index is 2.10. The van der Waals surface area contributed by atoms with E-state index in [1.807, 2.05) is 25.5 Å². The molecule has 0 radical (unpaired) electrons. The number of benzene rings is 1. The van der Waals surface area contributed by atoms with Gasteiger partial charge < -0.3 is 5.43 Å². The fraction of sp³-hybridized carbons (Fsp3) is 0.308. The van der Waals surface area contributed by atoms with Crippen LogP contribution in [0.15, 0.2) is 23.7 Å². The Kier molecular flexibility index (Phi) is 4.84. The second-order valence-electron chi connectivity index (χ2n) is 4.79. The van der Waals surface area contributed by atoms with Crippen LogP contribution in [-0.2, 0) is 13.1 Å². The van der Waals surface area contributed by atoms with Gasteiger partial charge in [0.05, 0.1) is 16.1 Å². The van der Waals surface area contributed by atoms with E-state index in [2.05, 4.69) is 15.3 Å². The zero-order valence-electron chi connectivity index (χ0n) is 11.9. The minimum absolute atomic E-state index is 0.0163. The summed E-state index contributed by atoms with van der Waals surface area (Å²) in [6.07, 6.45) is 0. The van der Waals surface area contributed by atoms with E-state index >= 15 is 0 Å². The molecular formula is C13H17N5O2S. The van der Waals surface area contributed by atoms with Gasteiger partial charge in [-0.3, -0.25) is 20.9 Å². The second kappa shape index (κ2) is 6.61. The molecule has 0 unspecified atom stereocenters. The van der Waals surface area contributed by atoms with Gasteiger partial charge in [-0.25, -0.2) is 4.98 Å². The van der Waals surface area contributed by atoms with Crippen LogP contribution in [0.25, 0.3) is 0 Å². The normalized spacial score (nSPS) is 10.9. The van der Waals surface area contributed by atoms with Gasteiger partial charge in [-0.2, -0.15) is 0 Å². The van der Waals surface area contributed by atoms with E-state index in [1.54, 1.807) is 23.5 Å². The molecule has 21 heavy (non-hydrogen) atoms. The van der Waals surface area contributed by atoms with Crippen molar-refractivity contribution in [3.05, 3.63) is 50.0 Å². The predicted octanol–water partition coefficient (Wildman–Crippen LogP) is 2.28. The number of hydrogen-bond acceptors (Lipinski definition) is 7. The maximum absolute atomic E-state index is 11.0. The van der Waals surface area contributed by atoms with Gasteiger partial charge in [0.25, 0.3) is 5.69 Å². The molecule has 3 N–H and O–H groups in total. The molecule has 0 aliphatic heterocycles. The number of aryl methyl sites for hydroxylation is 1. The molecule has 0 saturated heterocycles. The number of hydrogen-bond donors (Lipinski definition) is 2. The van der Waals surface area contributed by atoms with Crippen LogP contribution in [0.5, 0.6) is 0 Å². The molecule has 1 aromatic heterocycles. The summed E-state index contributed by atoms with van der Waals surface area (Å²) in [7, 11) is 1.97. The molecule has 8 heteroatoms. The molecule has 0 saturated carbocycles. The molecule has 2 aromatic rings. The predicted molar refractivity (Wildman–Crippen MR) is 82.9 cm³/mol. The van der Waals surface area contributed by atoms with Crippen molar-refractivity contribution in [1.82, 2.24) is 9.88 Å². The van der Waals surface area contributed by atoms with E-state index < -0.39 is 4.92 Å². The zero-order chi connectivity index (χ0) is 15.4. The molecule has 0 aliphatic carbocycles. The van der Waals surface area contributed by atoms with Crippen molar-refractivity contribution in [2.45, 2.75) is 20.0 Å². The lowest BCUT2D eigenvalue weighted by Gasteiger charge is -2.16. The van der Waals surface area contributed by atoms with Gasteiger partial charge in [0.15, 0.2) is 0 Å². The fourth-order valence-corrected chi connectivity index (χ4v) is 2.90. The lowest BCUT2D eigenvalue weighted by molar-refractivity contribution is -0.384. The van der Waals surface area contributed by atoms with Gasteiger partial charge in [-0.1, -0.05) is 6.07 Å². The molecular weight excluding hydrogens is 290 g/mol. The molecule has 0 fully saturated rings. The molecule has 0 bridgehead atoms. The van der Waals surface area contributed by atoms with Crippen molar-refractivity contribution in [3.8, 4) is 0 Å². The quantitative estimate of drug-likeness (QED) is 0.483. The Labute approximate surface area is 126 Å². The van der Waals surface area contributed by atoms with E-state index in [0.29, 0.717) is 12.2 Å². The summed E-state index contributed by atoms with van der Waals surface area (Å²) in [4.78, 5) is 18.1. The number of aromatic nitrogens is 1. The summed E-state index contributed by atoms with van der Waals surface area (Å²) in [5.74, 6) is 5.28. The van der Waals surface area contributed by atoms with Crippen LogP contribution in [0, 0.1) is 17.0 Å². The molecule has 2 rings (SSSR count). The first-order chi connectivity index (χ1) is 10.0. The number of rotatable bonds is 6. The van der Waals surface area contributed by atoms with Crippen LogP contribution < -0.4 is 11.3 Å². The number of nitrogens with one attached hydrogen (secondary N) is 1. The highest BCUT2D eigenvalue weighted by Gasteiger charge is 2.15. The smallest absolute Gasteiger partial charge is 0.293 e. The Morgan fingerprint density at radius 1 is 1.48 bits per heavy atom. The van der Waals surface area contributed by atoms with Crippen molar-refractivity contribution in [2.24, 2.45) is 5.84 Å². The van der Waals surface area contributed by atoms with Gasteiger partial charge in [0, 0.05) is 24.0 Å². The maximum Gasteiger partial charge on any atom is 0.293 e.